The Labute approximate surface area is 129 Å². The van der Waals surface area contributed by atoms with Crippen molar-refractivity contribution in [3.63, 3.8) is 0 Å². The van der Waals surface area contributed by atoms with Gasteiger partial charge in [-0.05, 0) is 29.7 Å². The number of benzene rings is 1. The summed E-state index contributed by atoms with van der Waals surface area (Å²) in [5, 5.41) is 2.59. The highest BCUT2D eigenvalue weighted by Crippen LogP contribution is 2.34. The van der Waals surface area contributed by atoms with Crippen molar-refractivity contribution in [3.05, 3.63) is 56.4 Å². The molecule has 1 atom stereocenters. The molecule has 3 heterocycles. The summed E-state index contributed by atoms with van der Waals surface area (Å²) in [6.07, 6.45) is 0.740. The fourth-order valence-electron chi connectivity index (χ4n) is 2.83. The van der Waals surface area contributed by atoms with E-state index in [0.29, 0.717) is 16.8 Å². The second kappa shape index (κ2) is 4.82. The van der Waals surface area contributed by atoms with Gasteiger partial charge in [0.1, 0.15) is 10.6 Å². The molecule has 2 aromatic heterocycles. The van der Waals surface area contributed by atoms with Crippen LogP contribution >= 0.6 is 23.6 Å². The molecule has 21 heavy (non-hydrogen) atoms. The van der Waals surface area contributed by atoms with Crippen LogP contribution in [0.5, 0.6) is 5.75 Å². The third kappa shape index (κ3) is 1.94. The molecule has 0 amide bonds. The summed E-state index contributed by atoms with van der Waals surface area (Å²) < 4.78 is 7.83. The number of rotatable bonds is 1. The average molecular weight is 316 g/mol. The monoisotopic (exact) mass is 316 g/mol. The second-order valence-corrected chi connectivity index (χ2v) is 6.26. The van der Waals surface area contributed by atoms with E-state index in [2.05, 4.69) is 4.98 Å². The van der Waals surface area contributed by atoms with Gasteiger partial charge >= 0.3 is 0 Å². The Balaban J connectivity index is 2.00. The average Bonchev–Trinajstić information content (AvgIpc) is 2.96. The van der Waals surface area contributed by atoms with Gasteiger partial charge in [0.05, 0.1) is 18.0 Å². The topological polar surface area (TPSA) is 47.0 Å². The number of para-hydroxylation sites is 1. The minimum atomic E-state index is -0.0736. The maximum atomic E-state index is 12.8. The second-order valence-electron chi connectivity index (χ2n) is 4.96. The number of aromatic nitrogens is 2. The van der Waals surface area contributed by atoms with Gasteiger partial charge in [-0.2, -0.15) is 0 Å². The van der Waals surface area contributed by atoms with Gasteiger partial charge in [0.15, 0.2) is 4.77 Å². The molecule has 0 saturated heterocycles. The van der Waals surface area contributed by atoms with Crippen molar-refractivity contribution in [2.45, 2.75) is 12.5 Å². The lowest BCUT2D eigenvalue weighted by Crippen LogP contribution is -2.30. The lowest BCUT2D eigenvalue weighted by Gasteiger charge is -2.27. The molecule has 1 aliphatic heterocycles. The molecule has 0 aliphatic carbocycles. The van der Waals surface area contributed by atoms with Crippen molar-refractivity contribution in [1.29, 1.82) is 0 Å². The summed E-state index contributed by atoms with van der Waals surface area (Å²) >= 11 is 6.91. The fraction of sp³-hybridized carbons (Fsp3) is 0.200. The van der Waals surface area contributed by atoms with Crippen molar-refractivity contribution < 1.29 is 4.74 Å². The normalized spacial score (nSPS) is 17.4. The smallest absolute Gasteiger partial charge is 0.263 e. The summed E-state index contributed by atoms with van der Waals surface area (Å²) in [7, 11) is 0. The van der Waals surface area contributed by atoms with Crippen molar-refractivity contribution in [3.8, 4) is 5.75 Å². The van der Waals surface area contributed by atoms with E-state index in [1.807, 2.05) is 35.7 Å². The largest absolute Gasteiger partial charge is 0.493 e. The van der Waals surface area contributed by atoms with Crippen LogP contribution in [0.3, 0.4) is 0 Å². The quantitative estimate of drug-likeness (QED) is 0.699. The number of fused-ring (bicyclic) bond motifs is 2. The van der Waals surface area contributed by atoms with E-state index in [1.54, 1.807) is 4.57 Å². The first-order valence-corrected chi connectivity index (χ1v) is 7.98. The summed E-state index contributed by atoms with van der Waals surface area (Å²) in [6, 6.07) is 9.60. The molecule has 0 radical (unpaired) electrons. The molecule has 1 N–H and O–H groups in total. The lowest BCUT2D eigenvalue weighted by molar-refractivity contribution is 0.253. The highest BCUT2D eigenvalue weighted by molar-refractivity contribution is 7.71. The van der Waals surface area contributed by atoms with Crippen molar-refractivity contribution in [1.82, 2.24) is 9.55 Å². The van der Waals surface area contributed by atoms with Gasteiger partial charge in [0.25, 0.3) is 5.56 Å². The third-order valence-corrected chi connectivity index (χ3v) is 4.92. The molecule has 6 heteroatoms. The first-order chi connectivity index (χ1) is 10.3. The third-order valence-electron chi connectivity index (χ3n) is 3.79. The number of H-pyrrole nitrogens is 1. The molecule has 4 rings (SSSR count). The number of ether oxygens (including phenoxy) is 1. The van der Waals surface area contributed by atoms with Crippen LogP contribution < -0.4 is 10.3 Å². The predicted octanol–water partition coefficient (Wildman–Crippen LogP) is 3.49. The van der Waals surface area contributed by atoms with E-state index in [9.17, 15) is 4.79 Å². The van der Waals surface area contributed by atoms with E-state index in [-0.39, 0.29) is 11.6 Å². The molecular weight excluding hydrogens is 304 g/mol. The van der Waals surface area contributed by atoms with Gasteiger partial charge in [-0.1, -0.05) is 18.2 Å². The minimum absolute atomic E-state index is 0.0308. The fourth-order valence-corrected chi connectivity index (χ4v) is 3.98. The van der Waals surface area contributed by atoms with Gasteiger partial charge in [0.2, 0.25) is 0 Å². The van der Waals surface area contributed by atoms with E-state index in [1.165, 1.54) is 11.3 Å². The molecule has 3 aromatic rings. The molecule has 106 valence electrons. The first-order valence-electron chi connectivity index (χ1n) is 6.69. The van der Waals surface area contributed by atoms with Gasteiger partial charge in [0, 0.05) is 12.0 Å². The Morgan fingerprint density at radius 3 is 3.10 bits per heavy atom. The summed E-state index contributed by atoms with van der Waals surface area (Å²) in [5.41, 5.74) is 0.983. The molecule has 0 fully saturated rings. The maximum Gasteiger partial charge on any atom is 0.263 e. The SMILES string of the molecule is O=c1c2ccsc2[nH]c(=S)n1C1CCOc2ccccc21. The number of aromatic amines is 1. The summed E-state index contributed by atoms with van der Waals surface area (Å²) in [5.74, 6) is 0.834. The molecule has 1 aliphatic rings. The highest BCUT2D eigenvalue weighted by Gasteiger charge is 2.25. The molecule has 1 unspecified atom stereocenters. The Bertz CT molecular complexity index is 938. The van der Waals surface area contributed by atoms with Crippen LogP contribution in [0, 0.1) is 4.77 Å². The van der Waals surface area contributed by atoms with Crippen LogP contribution in [0.1, 0.15) is 18.0 Å². The van der Waals surface area contributed by atoms with Crippen molar-refractivity contribution in [2.24, 2.45) is 0 Å². The highest BCUT2D eigenvalue weighted by atomic mass is 32.1. The van der Waals surface area contributed by atoms with Gasteiger partial charge in [-0.25, -0.2) is 0 Å². The van der Waals surface area contributed by atoms with Crippen molar-refractivity contribution in [2.75, 3.05) is 6.61 Å². The Morgan fingerprint density at radius 2 is 2.19 bits per heavy atom. The molecular formula is C15H12N2O2S2. The number of thiophene rings is 1. The van der Waals surface area contributed by atoms with Crippen LogP contribution in [0.2, 0.25) is 0 Å². The number of hydrogen-bond acceptors (Lipinski definition) is 4. The predicted molar refractivity (Wildman–Crippen MR) is 86.0 cm³/mol. The zero-order chi connectivity index (χ0) is 14.4. The van der Waals surface area contributed by atoms with Crippen LogP contribution in [-0.2, 0) is 0 Å². The number of hydrogen-bond donors (Lipinski definition) is 1. The first kappa shape index (κ1) is 12.8. The standard InChI is InChI=1S/C15H12N2O2S2/c18-14-10-6-8-21-13(10)16-15(20)17(14)11-5-7-19-12-4-2-1-3-9(11)12/h1-4,6,8,11H,5,7H2,(H,16,20). The van der Waals surface area contributed by atoms with E-state index >= 15 is 0 Å². The number of nitrogens with one attached hydrogen (secondary N) is 1. The van der Waals surface area contributed by atoms with Crippen molar-refractivity contribution >= 4 is 33.8 Å². The van der Waals surface area contributed by atoms with E-state index in [4.69, 9.17) is 17.0 Å². The van der Waals surface area contributed by atoms with Gasteiger partial charge in [-0.3, -0.25) is 9.36 Å². The zero-order valence-corrected chi connectivity index (χ0v) is 12.7. The Hall–Kier alpha value is -1.92. The van der Waals surface area contributed by atoms with E-state index < -0.39 is 0 Å². The van der Waals surface area contributed by atoms with Crippen LogP contribution in [-0.4, -0.2) is 16.2 Å². The zero-order valence-electron chi connectivity index (χ0n) is 11.0. The van der Waals surface area contributed by atoms with Gasteiger partial charge in [-0.15, -0.1) is 11.3 Å². The number of nitrogens with zero attached hydrogens (tertiary/aromatic N) is 1. The van der Waals surface area contributed by atoms with Gasteiger partial charge < -0.3 is 9.72 Å². The molecule has 0 saturated carbocycles. The molecule has 4 nitrogen and oxygen atoms in total. The van der Waals surface area contributed by atoms with Crippen LogP contribution in [0.4, 0.5) is 0 Å². The minimum Gasteiger partial charge on any atom is -0.493 e. The van der Waals surface area contributed by atoms with E-state index in [0.717, 1.165) is 22.6 Å². The summed E-state index contributed by atoms with van der Waals surface area (Å²) in [6.45, 7) is 0.588. The van der Waals surface area contributed by atoms with Crippen LogP contribution in [0.15, 0.2) is 40.5 Å². The Kier molecular flexibility index (Phi) is 2.94. The van der Waals surface area contributed by atoms with Crippen LogP contribution in [0.25, 0.3) is 10.2 Å². The lowest BCUT2D eigenvalue weighted by atomic mass is 10.0. The molecule has 1 aromatic carbocycles. The Morgan fingerprint density at radius 1 is 1.33 bits per heavy atom. The maximum absolute atomic E-state index is 12.8. The molecule has 0 spiro atoms. The molecule has 0 bridgehead atoms. The summed E-state index contributed by atoms with van der Waals surface area (Å²) in [4.78, 5) is 16.8.